The first-order valence-electron chi connectivity index (χ1n) is 9.61. The molecule has 1 heterocycles. The minimum atomic E-state index is -1.12. The summed E-state index contributed by atoms with van der Waals surface area (Å²) in [5.41, 5.74) is 2.65. The Labute approximate surface area is 151 Å². The van der Waals surface area contributed by atoms with Crippen molar-refractivity contribution in [2.75, 3.05) is 6.61 Å². The molecule has 25 heavy (non-hydrogen) atoms. The Hall–Kier alpha value is -1.14. The summed E-state index contributed by atoms with van der Waals surface area (Å²) >= 11 is 0. The van der Waals surface area contributed by atoms with Crippen molar-refractivity contribution in [1.82, 2.24) is 9.78 Å². The Morgan fingerprint density at radius 3 is 2.76 bits per heavy atom. The molecule has 2 atom stereocenters. The molecule has 5 nitrogen and oxygen atoms in total. The molecule has 0 bridgehead atoms. The molecule has 0 saturated heterocycles. The van der Waals surface area contributed by atoms with Gasteiger partial charge in [0.2, 0.25) is 0 Å². The number of carbonyl (C=O) groups is 1. The van der Waals surface area contributed by atoms with Crippen LogP contribution < -0.4 is 0 Å². The van der Waals surface area contributed by atoms with E-state index in [2.05, 4.69) is 31.7 Å². The quantitative estimate of drug-likeness (QED) is 0.607. The number of hydrogen-bond acceptors (Lipinski definition) is 3. The normalized spacial score (nSPS) is 26.2. The Morgan fingerprint density at radius 1 is 1.40 bits per heavy atom. The molecule has 1 saturated carbocycles. The number of carboxylic acids is 1. The highest BCUT2D eigenvalue weighted by molar-refractivity contribution is 6.76. The Kier molecular flexibility index (Phi) is 5.13. The van der Waals surface area contributed by atoms with Gasteiger partial charge in [0, 0.05) is 25.9 Å². The van der Waals surface area contributed by atoms with Crippen molar-refractivity contribution in [1.29, 1.82) is 0 Å². The molecule has 0 radical (unpaired) electrons. The summed E-state index contributed by atoms with van der Waals surface area (Å²) in [4.78, 5) is 11.6. The van der Waals surface area contributed by atoms with Gasteiger partial charge in [-0.25, -0.2) is 9.48 Å². The third-order valence-corrected chi connectivity index (χ3v) is 8.03. The van der Waals surface area contributed by atoms with Gasteiger partial charge in [-0.05, 0) is 43.1 Å². The largest absolute Gasteiger partial charge is 0.476 e. The molecule has 2 aliphatic rings. The molecule has 0 aromatic carbocycles. The van der Waals surface area contributed by atoms with Crippen molar-refractivity contribution in [3.63, 3.8) is 0 Å². The predicted octanol–water partition coefficient (Wildman–Crippen LogP) is 4.19. The first-order chi connectivity index (χ1) is 11.7. The van der Waals surface area contributed by atoms with E-state index < -0.39 is 14.0 Å². The average Bonchev–Trinajstić information content (AvgIpc) is 3.05. The van der Waals surface area contributed by atoms with Gasteiger partial charge in [0.25, 0.3) is 0 Å². The zero-order chi connectivity index (χ0) is 18.2. The van der Waals surface area contributed by atoms with E-state index >= 15 is 0 Å². The van der Waals surface area contributed by atoms with Gasteiger partial charge in [-0.3, -0.25) is 0 Å². The summed E-state index contributed by atoms with van der Waals surface area (Å²) in [6.45, 7) is 10.5. The number of nitrogens with zero attached hydrogens (tertiary/aromatic N) is 2. The van der Waals surface area contributed by atoms with Crippen LogP contribution in [0.25, 0.3) is 0 Å². The van der Waals surface area contributed by atoms with Crippen molar-refractivity contribution in [2.45, 2.75) is 77.9 Å². The lowest BCUT2D eigenvalue weighted by molar-refractivity contribution is 0.0664. The van der Waals surface area contributed by atoms with Crippen molar-refractivity contribution < 1.29 is 14.6 Å². The van der Waals surface area contributed by atoms with Crippen molar-refractivity contribution >= 4 is 14.0 Å². The Morgan fingerprint density at radius 2 is 2.16 bits per heavy atom. The first-order valence-corrected chi connectivity index (χ1v) is 13.3. The lowest BCUT2D eigenvalue weighted by Gasteiger charge is -2.38. The van der Waals surface area contributed by atoms with Gasteiger partial charge in [0.15, 0.2) is 5.69 Å². The van der Waals surface area contributed by atoms with Gasteiger partial charge < -0.3 is 9.84 Å². The third kappa shape index (κ3) is 3.84. The van der Waals surface area contributed by atoms with Crippen LogP contribution in [0.15, 0.2) is 0 Å². The monoisotopic (exact) mass is 364 g/mol. The number of fused-ring (bicyclic) bond motifs is 1. The molecule has 0 aliphatic heterocycles. The van der Waals surface area contributed by atoms with Crippen LogP contribution in [-0.2, 0) is 24.3 Å². The maximum absolute atomic E-state index is 11.6. The van der Waals surface area contributed by atoms with E-state index in [1.165, 1.54) is 19.3 Å². The summed E-state index contributed by atoms with van der Waals surface area (Å²) in [5, 5.41) is 13.9. The van der Waals surface area contributed by atoms with Crippen LogP contribution in [0.1, 0.15) is 54.4 Å². The van der Waals surface area contributed by atoms with Gasteiger partial charge >= 0.3 is 5.97 Å². The molecule has 2 unspecified atom stereocenters. The van der Waals surface area contributed by atoms with E-state index in [4.69, 9.17) is 4.74 Å². The van der Waals surface area contributed by atoms with Gasteiger partial charge in [-0.1, -0.05) is 39.4 Å². The fourth-order valence-electron chi connectivity index (χ4n) is 4.55. The molecule has 1 spiro atoms. The van der Waals surface area contributed by atoms with Crippen LogP contribution >= 0.6 is 0 Å². The van der Waals surface area contributed by atoms with Crippen LogP contribution in [-0.4, -0.2) is 35.5 Å². The summed E-state index contributed by atoms with van der Waals surface area (Å²) < 4.78 is 7.72. The second kappa shape index (κ2) is 6.87. The lowest BCUT2D eigenvalue weighted by atomic mass is 9.67. The standard InChI is InChI=1S/C19H32N2O3Si/c1-14-6-5-8-19(14)9-7-15-16(12-19)21(20-17(15)18(22)23)13-24-10-11-25(2,3)4/h14H,5-13H2,1-4H3,(H,22,23). The molecule has 1 aromatic rings. The van der Waals surface area contributed by atoms with E-state index in [1.54, 1.807) is 0 Å². The number of carboxylic acid groups (broad SMARTS) is 1. The van der Waals surface area contributed by atoms with Gasteiger partial charge in [0.1, 0.15) is 6.73 Å². The van der Waals surface area contributed by atoms with E-state index in [0.29, 0.717) is 18.1 Å². The molecule has 1 aromatic heterocycles. The number of ether oxygens (including phenoxy) is 1. The summed E-state index contributed by atoms with van der Waals surface area (Å²) in [6.07, 6.45) is 6.75. The second-order valence-corrected chi connectivity index (χ2v) is 14.9. The third-order valence-electron chi connectivity index (χ3n) is 6.33. The number of aromatic nitrogens is 2. The number of rotatable bonds is 6. The van der Waals surface area contributed by atoms with E-state index in [-0.39, 0.29) is 5.69 Å². The van der Waals surface area contributed by atoms with E-state index in [0.717, 1.165) is 43.2 Å². The van der Waals surface area contributed by atoms with E-state index in [1.807, 2.05) is 4.68 Å². The SMILES string of the molecule is CC1CCCC12CCc1c(C(=O)O)nn(COCC[Si](C)(C)C)c1C2. The lowest BCUT2D eigenvalue weighted by Crippen LogP contribution is -2.32. The van der Waals surface area contributed by atoms with Crippen LogP contribution in [0.4, 0.5) is 0 Å². The zero-order valence-electron chi connectivity index (χ0n) is 16.1. The van der Waals surface area contributed by atoms with Crippen molar-refractivity contribution in [3.8, 4) is 0 Å². The van der Waals surface area contributed by atoms with E-state index in [9.17, 15) is 9.90 Å². The maximum Gasteiger partial charge on any atom is 0.356 e. The van der Waals surface area contributed by atoms with Crippen molar-refractivity contribution in [2.24, 2.45) is 11.3 Å². The fourth-order valence-corrected chi connectivity index (χ4v) is 5.30. The topological polar surface area (TPSA) is 64.3 Å². The van der Waals surface area contributed by atoms with Gasteiger partial charge in [-0.2, -0.15) is 5.10 Å². The summed E-state index contributed by atoms with van der Waals surface area (Å²) in [7, 11) is -1.12. The van der Waals surface area contributed by atoms with Crippen molar-refractivity contribution in [3.05, 3.63) is 17.0 Å². The minimum Gasteiger partial charge on any atom is -0.476 e. The number of hydrogen-bond donors (Lipinski definition) is 1. The fraction of sp³-hybridized carbons (Fsp3) is 0.789. The molecule has 2 aliphatic carbocycles. The predicted molar refractivity (Wildman–Crippen MR) is 101 cm³/mol. The van der Waals surface area contributed by atoms with Crippen LogP contribution in [0.2, 0.25) is 25.7 Å². The highest BCUT2D eigenvalue weighted by Gasteiger charge is 2.44. The van der Waals surface area contributed by atoms with Gasteiger partial charge in [0.05, 0.1) is 0 Å². The highest BCUT2D eigenvalue weighted by atomic mass is 28.3. The molecule has 140 valence electrons. The molecule has 0 amide bonds. The molecular weight excluding hydrogens is 332 g/mol. The molecular formula is C19H32N2O3Si. The highest BCUT2D eigenvalue weighted by Crippen LogP contribution is 2.51. The number of aromatic carboxylic acids is 1. The zero-order valence-corrected chi connectivity index (χ0v) is 17.1. The average molecular weight is 365 g/mol. The summed E-state index contributed by atoms with van der Waals surface area (Å²) in [6, 6.07) is 1.11. The van der Waals surface area contributed by atoms with Crippen LogP contribution in [0.3, 0.4) is 0 Å². The molecule has 1 N–H and O–H groups in total. The Balaban J connectivity index is 1.78. The van der Waals surface area contributed by atoms with Gasteiger partial charge in [-0.15, -0.1) is 0 Å². The second-order valence-electron chi connectivity index (χ2n) is 9.26. The smallest absolute Gasteiger partial charge is 0.356 e. The molecule has 1 fully saturated rings. The van der Waals surface area contributed by atoms with Crippen LogP contribution in [0, 0.1) is 11.3 Å². The summed E-state index contributed by atoms with van der Waals surface area (Å²) in [5.74, 6) is -0.197. The van der Waals surface area contributed by atoms with Crippen LogP contribution in [0.5, 0.6) is 0 Å². The molecule has 6 heteroatoms. The molecule has 3 rings (SSSR count). The first kappa shape index (κ1) is 18.6. The Bertz CT molecular complexity index is 650. The maximum atomic E-state index is 11.6. The minimum absolute atomic E-state index is 0.240.